The lowest BCUT2D eigenvalue weighted by atomic mass is 9.99. The number of nitrogens with one attached hydrogen (secondary N) is 1. The van der Waals surface area contributed by atoms with E-state index in [0.29, 0.717) is 57.5 Å². The summed E-state index contributed by atoms with van der Waals surface area (Å²) >= 11 is 0. The molecule has 0 atom stereocenters. The fourth-order valence-electron chi connectivity index (χ4n) is 5.19. The summed E-state index contributed by atoms with van der Waals surface area (Å²) in [6.07, 6.45) is 5.46. The lowest BCUT2D eigenvalue weighted by Gasteiger charge is -2.22. The van der Waals surface area contributed by atoms with Crippen LogP contribution in [-0.2, 0) is 6.54 Å². The van der Waals surface area contributed by atoms with Crippen LogP contribution < -0.4 is 15.6 Å². The molecule has 194 valence electrons. The first kappa shape index (κ1) is 24.6. The lowest BCUT2D eigenvalue weighted by molar-refractivity contribution is 0.103. The average molecular weight is 522 g/mol. The third-order valence-corrected chi connectivity index (χ3v) is 7.24. The van der Waals surface area contributed by atoms with Crippen molar-refractivity contribution in [2.75, 3.05) is 19.7 Å². The van der Waals surface area contributed by atoms with E-state index in [-0.39, 0.29) is 18.0 Å². The molecule has 0 unspecified atom stereocenters. The molecule has 4 aromatic rings. The number of aromatic nitrogens is 3. The first-order valence-electron chi connectivity index (χ1n) is 12.8. The van der Waals surface area contributed by atoms with Crippen LogP contribution in [0.25, 0.3) is 22.5 Å². The van der Waals surface area contributed by atoms with E-state index in [2.05, 4.69) is 15.3 Å². The molecular weight excluding hydrogens is 497 g/mol. The quantitative estimate of drug-likeness (QED) is 0.360. The molecular formula is C30H24FN5O3. The van der Waals surface area contributed by atoms with Crippen LogP contribution in [0.3, 0.4) is 0 Å². The molecule has 0 spiro atoms. The molecule has 9 heteroatoms. The Balaban J connectivity index is 1.26. The zero-order chi connectivity index (χ0) is 26.9. The van der Waals surface area contributed by atoms with Crippen LogP contribution in [0, 0.1) is 23.1 Å². The van der Waals surface area contributed by atoms with Crippen molar-refractivity contribution in [3.8, 4) is 34.3 Å². The highest BCUT2D eigenvalue weighted by Gasteiger charge is 2.32. The van der Waals surface area contributed by atoms with Gasteiger partial charge < -0.3 is 10.1 Å². The van der Waals surface area contributed by atoms with Crippen molar-refractivity contribution in [1.82, 2.24) is 19.9 Å². The Hall–Kier alpha value is -4.68. The van der Waals surface area contributed by atoms with E-state index in [0.717, 1.165) is 36.6 Å². The fraction of sp³-hybridized carbons (Fsp3) is 0.233. The second kappa shape index (κ2) is 10.2. The van der Waals surface area contributed by atoms with Gasteiger partial charge in [-0.2, -0.15) is 5.26 Å². The SMILES string of the molecule is N#Cc1ccc2c(c1)-c1cc(F)c(=O)n(Cc3cccc(-c4ncc(OCC5CCNCC5)cn4)c3)c1C2=O. The van der Waals surface area contributed by atoms with Gasteiger partial charge in [0.05, 0.1) is 37.2 Å². The summed E-state index contributed by atoms with van der Waals surface area (Å²) in [4.78, 5) is 35.0. The van der Waals surface area contributed by atoms with Crippen LogP contribution in [0.5, 0.6) is 5.75 Å². The van der Waals surface area contributed by atoms with Gasteiger partial charge in [-0.05, 0) is 73.3 Å². The second-order valence-corrected chi connectivity index (χ2v) is 9.79. The normalized spacial score (nSPS) is 14.5. The Labute approximate surface area is 223 Å². The Kier molecular flexibility index (Phi) is 6.47. The summed E-state index contributed by atoms with van der Waals surface area (Å²) in [5, 5.41) is 12.6. The van der Waals surface area contributed by atoms with Crippen LogP contribution in [0.1, 0.15) is 40.0 Å². The molecule has 2 aromatic carbocycles. The fourth-order valence-corrected chi connectivity index (χ4v) is 5.19. The highest BCUT2D eigenvalue weighted by Crippen LogP contribution is 2.37. The molecule has 1 fully saturated rings. The van der Waals surface area contributed by atoms with Crippen molar-refractivity contribution in [2.24, 2.45) is 5.92 Å². The van der Waals surface area contributed by atoms with E-state index in [1.165, 1.54) is 6.07 Å². The molecule has 0 bridgehead atoms. The molecule has 0 saturated carbocycles. The summed E-state index contributed by atoms with van der Waals surface area (Å²) in [7, 11) is 0. The third kappa shape index (κ3) is 4.71. The summed E-state index contributed by atoms with van der Waals surface area (Å²) in [5.74, 6) is 0.268. The molecule has 8 nitrogen and oxygen atoms in total. The number of ketones is 1. The van der Waals surface area contributed by atoms with Crippen LogP contribution in [0.2, 0.25) is 0 Å². The Morgan fingerprint density at radius 3 is 2.59 bits per heavy atom. The number of benzene rings is 2. The van der Waals surface area contributed by atoms with Gasteiger partial charge in [0, 0.05) is 16.7 Å². The van der Waals surface area contributed by atoms with E-state index < -0.39 is 11.4 Å². The summed E-state index contributed by atoms with van der Waals surface area (Å²) < 4.78 is 21.8. The molecule has 1 N–H and O–H groups in total. The summed E-state index contributed by atoms with van der Waals surface area (Å²) in [6, 6.07) is 15.0. The largest absolute Gasteiger partial charge is 0.490 e. The van der Waals surface area contributed by atoms with Gasteiger partial charge in [0.1, 0.15) is 5.69 Å². The number of piperidine rings is 1. The van der Waals surface area contributed by atoms with Gasteiger partial charge in [-0.15, -0.1) is 0 Å². The maximum Gasteiger partial charge on any atom is 0.287 e. The van der Waals surface area contributed by atoms with Crippen molar-refractivity contribution in [1.29, 1.82) is 5.26 Å². The van der Waals surface area contributed by atoms with Gasteiger partial charge >= 0.3 is 0 Å². The van der Waals surface area contributed by atoms with Crippen molar-refractivity contribution in [3.05, 3.63) is 99.5 Å². The van der Waals surface area contributed by atoms with Crippen molar-refractivity contribution in [3.63, 3.8) is 0 Å². The molecule has 1 aliphatic carbocycles. The van der Waals surface area contributed by atoms with Gasteiger partial charge in [-0.25, -0.2) is 14.4 Å². The Morgan fingerprint density at radius 1 is 1.03 bits per heavy atom. The molecule has 2 aromatic heterocycles. The van der Waals surface area contributed by atoms with Crippen molar-refractivity contribution < 1.29 is 13.9 Å². The zero-order valence-corrected chi connectivity index (χ0v) is 21.0. The molecule has 6 rings (SSSR count). The molecule has 1 saturated heterocycles. The third-order valence-electron chi connectivity index (χ3n) is 7.24. The monoisotopic (exact) mass is 521 g/mol. The molecule has 0 radical (unpaired) electrons. The molecule has 1 aliphatic heterocycles. The van der Waals surface area contributed by atoms with E-state index in [9.17, 15) is 19.2 Å². The second-order valence-electron chi connectivity index (χ2n) is 9.79. The number of nitrogens with zero attached hydrogens (tertiary/aromatic N) is 4. The number of hydrogen-bond acceptors (Lipinski definition) is 7. The van der Waals surface area contributed by atoms with Crippen LogP contribution in [0.4, 0.5) is 4.39 Å². The van der Waals surface area contributed by atoms with Crippen LogP contribution in [-0.4, -0.2) is 40.0 Å². The maximum atomic E-state index is 14.8. The Bertz CT molecular complexity index is 1680. The number of fused-ring (bicyclic) bond motifs is 3. The minimum absolute atomic E-state index is 0.0188. The number of halogens is 1. The molecule has 3 heterocycles. The minimum atomic E-state index is -0.962. The predicted molar refractivity (Wildman–Crippen MR) is 142 cm³/mol. The van der Waals surface area contributed by atoms with Gasteiger partial charge in [-0.3, -0.25) is 14.2 Å². The van der Waals surface area contributed by atoms with Crippen LogP contribution in [0.15, 0.2) is 65.7 Å². The number of rotatable bonds is 6. The zero-order valence-electron chi connectivity index (χ0n) is 21.0. The predicted octanol–water partition coefficient (Wildman–Crippen LogP) is 3.95. The van der Waals surface area contributed by atoms with Crippen LogP contribution >= 0.6 is 0 Å². The topological polar surface area (TPSA) is 110 Å². The minimum Gasteiger partial charge on any atom is -0.490 e. The number of carbonyl (C=O) groups excluding carboxylic acids is 1. The van der Waals surface area contributed by atoms with Gasteiger partial charge in [0.25, 0.3) is 5.56 Å². The van der Waals surface area contributed by atoms with Gasteiger partial charge in [0.2, 0.25) is 5.78 Å². The van der Waals surface area contributed by atoms with E-state index in [1.807, 2.05) is 18.2 Å². The number of carbonyl (C=O) groups is 1. The number of ether oxygens (including phenoxy) is 1. The highest BCUT2D eigenvalue weighted by atomic mass is 19.1. The van der Waals surface area contributed by atoms with E-state index in [1.54, 1.807) is 36.7 Å². The standard InChI is InChI=1S/C30H24FN5O3/c31-26-12-25-24-11-19(13-32)4-5-23(24)28(37)27(25)36(30(26)38)16-20-2-1-3-21(10-20)29-34-14-22(15-35-29)39-17-18-6-8-33-9-7-18/h1-5,10-12,14-15,18,33H,6-9,16-17H2. The molecule has 0 amide bonds. The van der Waals surface area contributed by atoms with Gasteiger partial charge in [-0.1, -0.05) is 18.2 Å². The van der Waals surface area contributed by atoms with E-state index in [4.69, 9.17) is 4.74 Å². The number of nitriles is 1. The first-order valence-corrected chi connectivity index (χ1v) is 12.8. The molecule has 39 heavy (non-hydrogen) atoms. The van der Waals surface area contributed by atoms with Crippen molar-refractivity contribution in [2.45, 2.75) is 19.4 Å². The lowest BCUT2D eigenvalue weighted by Crippen LogP contribution is -2.30. The average Bonchev–Trinajstić information content (AvgIpc) is 3.25. The highest BCUT2D eigenvalue weighted by molar-refractivity contribution is 6.20. The van der Waals surface area contributed by atoms with Gasteiger partial charge in [0.15, 0.2) is 17.4 Å². The van der Waals surface area contributed by atoms with E-state index >= 15 is 0 Å². The summed E-state index contributed by atoms with van der Waals surface area (Å²) in [5.41, 5.74) is 2.08. The summed E-state index contributed by atoms with van der Waals surface area (Å²) in [6.45, 7) is 2.63. The van der Waals surface area contributed by atoms with Crippen molar-refractivity contribution >= 4 is 5.78 Å². The number of hydrogen-bond donors (Lipinski definition) is 1. The Morgan fingerprint density at radius 2 is 1.82 bits per heavy atom. The number of pyridine rings is 1. The first-order chi connectivity index (χ1) is 19.0. The smallest absolute Gasteiger partial charge is 0.287 e. The maximum absolute atomic E-state index is 14.8. The molecule has 2 aliphatic rings.